The van der Waals surface area contributed by atoms with Crippen molar-refractivity contribution in [2.45, 2.75) is 13.0 Å². The molecule has 0 saturated heterocycles. The molecule has 0 saturated carbocycles. The van der Waals surface area contributed by atoms with Crippen LogP contribution >= 0.6 is 11.6 Å². The maximum absolute atomic E-state index is 13.4. The van der Waals surface area contributed by atoms with E-state index in [9.17, 15) is 14.0 Å². The average molecular weight is 596 g/mol. The van der Waals surface area contributed by atoms with E-state index in [1.165, 1.54) is 24.5 Å². The van der Waals surface area contributed by atoms with Gasteiger partial charge in [-0.2, -0.15) is 0 Å². The van der Waals surface area contributed by atoms with Crippen molar-refractivity contribution in [3.05, 3.63) is 125 Å². The Balaban J connectivity index is 1.18. The molecule has 0 aliphatic rings. The molecule has 0 radical (unpaired) electrons. The third-order valence-corrected chi connectivity index (χ3v) is 6.57. The number of amides is 2. The first-order chi connectivity index (χ1) is 20.9. The molecule has 0 spiro atoms. The summed E-state index contributed by atoms with van der Waals surface area (Å²) in [5.41, 5.74) is 3.50. The number of anilines is 3. The zero-order valence-electron chi connectivity index (χ0n) is 22.9. The number of rotatable bonds is 11. The van der Waals surface area contributed by atoms with Crippen molar-refractivity contribution in [2.24, 2.45) is 0 Å². The van der Waals surface area contributed by atoms with Crippen LogP contribution in [0.15, 0.2) is 103 Å². The van der Waals surface area contributed by atoms with Crippen molar-refractivity contribution in [3.63, 3.8) is 0 Å². The summed E-state index contributed by atoms with van der Waals surface area (Å²) in [6, 6.07) is 26.2. The number of nitrogens with one attached hydrogen (secondary N) is 3. The minimum absolute atomic E-state index is 0.103. The van der Waals surface area contributed by atoms with E-state index in [0.717, 1.165) is 5.56 Å². The molecule has 0 atom stereocenters. The van der Waals surface area contributed by atoms with Crippen molar-refractivity contribution in [2.75, 3.05) is 17.2 Å². The Hall–Kier alpha value is -5.28. The number of carbonyl (C=O) groups is 2. The minimum Gasteiger partial charge on any atom is -0.487 e. The first kappa shape index (κ1) is 29.2. The van der Waals surface area contributed by atoms with Crippen LogP contribution in [0.25, 0.3) is 17.0 Å². The van der Waals surface area contributed by atoms with Gasteiger partial charge in [0, 0.05) is 35.8 Å². The van der Waals surface area contributed by atoms with E-state index in [1.807, 2.05) is 30.3 Å². The van der Waals surface area contributed by atoms with Crippen LogP contribution in [0.2, 0.25) is 5.02 Å². The van der Waals surface area contributed by atoms with Gasteiger partial charge in [-0.1, -0.05) is 54.1 Å². The van der Waals surface area contributed by atoms with Gasteiger partial charge >= 0.3 is 0 Å². The molecule has 43 heavy (non-hydrogen) atoms. The fourth-order valence-electron chi connectivity index (χ4n) is 4.17. The van der Waals surface area contributed by atoms with E-state index in [4.69, 9.17) is 16.3 Å². The molecule has 3 N–H and O–H groups in total. The molecule has 5 aromatic rings. The topological polar surface area (TPSA) is 105 Å². The summed E-state index contributed by atoms with van der Waals surface area (Å²) >= 11 is 6.45. The molecule has 216 valence electrons. The number of fused-ring (bicyclic) bond motifs is 1. The predicted octanol–water partition coefficient (Wildman–Crippen LogP) is 6.90. The lowest BCUT2D eigenvalue weighted by atomic mass is 10.2. The van der Waals surface area contributed by atoms with Crippen molar-refractivity contribution in [1.82, 2.24) is 15.3 Å². The second-order valence-corrected chi connectivity index (χ2v) is 9.88. The highest BCUT2D eigenvalue weighted by Gasteiger charge is 2.10. The fourth-order valence-corrected chi connectivity index (χ4v) is 4.41. The van der Waals surface area contributed by atoms with Gasteiger partial charge < -0.3 is 20.7 Å². The molecule has 8 nitrogen and oxygen atoms in total. The number of hydrogen-bond donors (Lipinski definition) is 3. The van der Waals surface area contributed by atoms with E-state index in [0.29, 0.717) is 44.4 Å². The highest BCUT2D eigenvalue weighted by Crippen LogP contribution is 2.31. The molecule has 5 rings (SSSR count). The van der Waals surface area contributed by atoms with Gasteiger partial charge in [-0.15, -0.1) is 0 Å². The van der Waals surface area contributed by atoms with Crippen molar-refractivity contribution < 1.29 is 18.7 Å². The standard InChI is InChI=1S/C33H27ClFN5O3/c34-28-19-26(11-13-30(28)43-20-23-7-4-8-24(35)17-23)40-33-27-18-25(10-12-29(27)37-21-38-33)39-32(42)15-16-36-31(41)14-9-22-5-2-1-3-6-22/h1-14,17-19,21H,15-16,20H2,(H,36,41)(H,39,42)(H,37,38,40)/b14-9+. The Morgan fingerprint density at radius 2 is 1.74 bits per heavy atom. The van der Waals surface area contributed by atoms with Crippen molar-refractivity contribution >= 4 is 57.6 Å². The van der Waals surface area contributed by atoms with E-state index in [2.05, 4.69) is 25.9 Å². The summed E-state index contributed by atoms with van der Waals surface area (Å²) in [5, 5.41) is 9.86. The molecule has 0 aliphatic heterocycles. The zero-order valence-corrected chi connectivity index (χ0v) is 23.6. The zero-order chi connectivity index (χ0) is 30.0. The Bertz CT molecular complexity index is 1780. The van der Waals surface area contributed by atoms with Crippen LogP contribution in [-0.2, 0) is 16.2 Å². The SMILES string of the molecule is O=C(/C=C/c1ccccc1)NCCC(=O)Nc1ccc2ncnc(Nc3ccc(OCc4cccc(F)c4)c(Cl)c3)c2c1. The van der Waals surface area contributed by atoms with Gasteiger partial charge in [0.1, 0.15) is 30.3 Å². The third-order valence-electron chi connectivity index (χ3n) is 6.28. The van der Waals surface area contributed by atoms with Gasteiger partial charge in [-0.05, 0) is 65.7 Å². The van der Waals surface area contributed by atoms with Crippen LogP contribution < -0.4 is 20.7 Å². The summed E-state index contributed by atoms with van der Waals surface area (Å²) in [7, 11) is 0. The van der Waals surface area contributed by atoms with Gasteiger partial charge in [-0.3, -0.25) is 9.59 Å². The number of carbonyl (C=O) groups excluding carboxylic acids is 2. The lowest BCUT2D eigenvalue weighted by Crippen LogP contribution is -2.26. The number of hydrogen-bond acceptors (Lipinski definition) is 6. The second kappa shape index (κ2) is 14.1. The molecule has 0 unspecified atom stereocenters. The molecule has 0 aliphatic carbocycles. The molecule has 0 fully saturated rings. The number of aromatic nitrogens is 2. The maximum atomic E-state index is 13.4. The van der Waals surface area contributed by atoms with Gasteiger partial charge in [0.2, 0.25) is 11.8 Å². The number of ether oxygens (including phenoxy) is 1. The highest BCUT2D eigenvalue weighted by atomic mass is 35.5. The molecular formula is C33H27ClFN5O3. The quantitative estimate of drug-likeness (QED) is 0.143. The summed E-state index contributed by atoms with van der Waals surface area (Å²) < 4.78 is 19.2. The summed E-state index contributed by atoms with van der Waals surface area (Å²) in [6.07, 6.45) is 4.69. The van der Waals surface area contributed by atoms with Crippen molar-refractivity contribution in [1.29, 1.82) is 0 Å². The first-order valence-corrected chi connectivity index (χ1v) is 13.8. The predicted molar refractivity (Wildman–Crippen MR) is 167 cm³/mol. The molecule has 1 heterocycles. The van der Waals surface area contributed by atoms with Gasteiger partial charge in [0.15, 0.2) is 0 Å². The van der Waals surface area contributed by atoms with Crippen LogP contribution in [0, 0.1) is 5.82 Å². The molecule has 4 aromatic carbocycles. The largest absolute Gasteiger partial charge is 0.487 e. The Morgan fingerprint density at radius 1 is 0.907 bits per heavy atom. The second-order valence-electron chi connectivity index (χ2n) is 9.48. The van der Waals surface area contributed by atoms with E-state index in [1.54, 1.807) is 54.6 Å². The Labute approximate surface area is 252 Å². The maximum Gasteiger partial charge on any atom is 0.244 e. The van der Waals surface area contributed by atoms with Gasteiger partial charge in [0.25, 0.3) is 0 Å². The molecule has 2 amide bonds. The lowest BCUT2D eigenvalue weighted by molar-refractivity contribution is -0.117. The lowest BCUT2D eigenvalue weighted by Gasteiger charge is -2.13. The summed E-state index contributed by atoms with van der Waals surface area (Å²) in [5.74, 6) is 0.114. The van der Waals surface area contributed by atoms with Crippen LogP contribution in [0.1, 0.15) is 17.5 Å². The average Bonchev–Trinajstić information content (AvgIpc) is 3.00. The van der Waals surface area contributed by atoms with Crippen molar-refractivity contribution in [3.8, 4) is 5.75 Å². The smallest absolute Gasteiger partial charge is 0.244 e. The van der Waals surface area contributed by atoms with Crippen LogP contribution in [0.3, 0.4) is 0 Å². The van der Waals surface area contributed by atoms with E-state index in [-0.39, 0.29) is 37.2 Å². The summed E-state index contributed by atoms with van der Waals surface area (Å²) in [6.45, 7) is 0.364. The molecule has 1 aromatic heterocycles. The number of nitrogens with zero attached hydrogens (tertiary/aromatic N) is 2. The normalized spacial score (nSPS) is 10.9. The monoisotopic (exact) mass is 595 g/mol. The van der Waals surface area contributed by atoms with Crippen LogP contribution in [-0.4, -0.2) is 28.3 Å². The molecule has 10 heteroatoms. The first-order valence-electron chi connectivity index (χ1n) is 13.4. The minimum atomic E-state index is -0.331. The fraction of sp³-hybridized carbons (Fsp3) is 0.0909. The molecule has 0 bridgehead atoms. The Kier molecular flexibility index (Phi) is 9.56. The Morgan fingerprint density at radius 3 is 2.56 bits per heavy atom. The van der Waals surface area contributed by atoms with Crippen LogP contribution in [0.5, 0.6) is 5.75 Å². The van der Waals surface area contributed by atoms with E-state index < -0.39 is 0 Å². The number of benzene rings is 4. The van der Waals surface area contributed by atoms with Gasteiger partial charge in [0.05, 0.1) is 10.5 Å². The summed E-state index contributed by atoms with van der Waals surface area (Å²) in [4.78, 5) is 33.3. The number of halogens is 2. The molecular weight excluding hydrogens is 569 g/mol. The third kappa shape index (κ3) is 8.37. The van der Waals surface area contributed by atoms with E-state index >= 15 is 0 Å². The van der Waals surface area contributed by atoms with Gasteiger partial charge in [-0.25, -0.2) is 14.4 Å². The highest BCUT2D eigenvalue weighted by molar-refractivity contribution is 6.32. The van der Waals surface area contributed by atoms with Crippen LogP contribution in [0.4, 0.5) is 21.6 Å².